The SMILES string of the molecule is CC1C=CC(c2ccc(N(c3ccc4c(c3)C(C)(C)c3ccccc3-4)c3ccc(-c4ccc(N(c5ccc(-c6ccccc6)cc5)c5ccc(-c6ccccc6)cc5)cc4)c4ccc5ccccc5c34)cc2)=CC1. The highest BCUT2D eigenvalue weighted by molar-refractivity contribution is 6.19. The number of anilines is 6. The van der Waals surface area contributed by atoms with E-state index in [1.807, 2.05) is 0 Å². The minimum Gasteiger partial charge on any atom is -0.311 e. The molecule has 2 heteroatoms. The Morgan fingerprint density at radius 1 is 0.378 bits per heavy atom. The van der Waals surface area contributed by atoms with Gasteiger partial charge < -0.3 is 9.80 Å². The molecular formula is C72H56N2. The minimum absolute atomic E-state index is 0.147. The molecule has 0 radical (unpaired) electrons. The van der Waals surface area contributed by atoms with Gasteiger partial charge in [-0.05, 0) is 162 Å². The smallest absolute Gasteiger partial charge is 0.0546 e. The van der Waals surface area contributed by atoms with Gasteiger partial charge in [-0.15, -0.1) is 0 Å². The van der Waals surface area contributed by atoms with Gasteiger partial charge in [0.2, 0.25) is 0 Å². The van der Waals surface area contributed by atoms with Gasteiger partial charge in [0, 0.05) is 39.2 Å². The molecule has 13 rings (SSSR count). The average Bonchev–Trinajstić information content (AvgIpc) is 3.73. The van der Waals surface area contributed by atoms with Crippen molar-refractivity contribution in [1.29, 1.82) is 0 Å². The van der Waals surface area contributed by atoms with Crippen LogP contribution in [0, 0.1) is 5.92 Å². The summed E-state index contributed by atoms with van der Waals surface area (Å²) in [5.41, 5.74) is 21.6. The van der Waals surface area contributed by atoms with Crippen molar-refractivity contribution in [2.24, 2.45) is 5.92 Å². The first-order valence-electron chi connectivity index (χ1n) is 26.1. The second-order valence-corrected chi connectivity index (χ2v) is 20.6. The van der Waals surface area contributed by atoms with Crippen LogP contribution in [0.25, 0.3) is 71.6 Å². The summed E-state index contributed by atoms with van der Waals surface area (Å²) in [4.78, 5) is 4.87. The molecule has 0 bridgehead atoms. The van der Waals surface area contributed by atoms with Crippen LogP contribution in [0.15, 0.2) is 267 Å². The van der Waals surface area contributed by atoms with Gasteiger partial charge in [-0.1, -0.05) is 221 Å². The Bertz CT molecular complexity index is 3840. The van der Waals surface area contributed by atoms with Crippen molar-refractivity contribution in [3.05, 3.63) is 284 Å². The number of hydrogen-bond acceptors (Lipinski definition) is 2. The lowest BCUT2D eigenvalue weighted by molar-refractivity contribution is 0.660. The summed E-state index contributed by atoms with van der Waals surface area (Å²) in [5.74, 6) is 0.564. The van der Waals surface area contributed by atoms with Gasteiger partial charge in [-0.3, -0.25) is 0 Å². The van der Waals surface area contributed by atoms with E-state index in [4.69, 9.17) is 0 Å². The monoisotopic (exact) mass is 948 g/mol. The molecule has 11 aromatic carbocycles. The van der Waals surface area contributed by atoms with Crippen LogP contribution in [0.3, 0.4) is 0 Å². The molecule has 354 valence electrons. The van der Waals surface area contributed by atoms with E-state index in [0.717, 1.165) is 46.1 Å². The van der Waals surface area contributed by atoms with Crippen molar-refractivity contribution in [2.45, 2.75) is 32.6 Å². The van der Waals surface area contributed by atoms with Crippen LogP contribution in [-0.2, 0) is 5.41 Å². The fraction of sp³-hybridized carbons (Fsp3) is 0.0833. The molecule has 0 aliphatic heterocycles. The van der Waals surface area contributed by atoms with Gasteiger partial charge >= 0.3 is 0 Å². The maximum Gasteiger partial charge on any atom is 0.0546 e. The zero-order chi connectivity index (χ0) is 49.8. The molecule has 0 spiro atoms. The highest BCUT2D eigenvalue weighted by Crippen LogP contribution is 2.52. The van der Waals surface area contributed by atoms with Crippen LogP contribution in [0.2, 0.25) is 0 Å². The minimum atomic E-state index is -0.147. The topological polar surface area (TPSA) is 6.48 Å². The van der Waals surface area contributed by atoms with Crippen LogP contribution in [0.5, 0.6) is 0 Å². The molecule has 0 aromatic heterocycles. The molecular weight excluding hydrogens is 893 g/mol. The summed E-state index contributed by atoms with van der Waals surface area (Å²) in [6, 6.07) is 91.8. The molecule has 0 saturated heterocycles. The predicted octanol–water partition coefficient (Wildman–Crippen LogP) is 20.2. The van der Waals surface area contributed by atoms with Gasteiger partial charge in [0.1, 0.15) is 0 Å². The largest absolute Gasteiger partial charge is 0.311 e. The zero-order valence-corrected chi connectivity index (χ0v) is 42.1. The number of benzene rings is 11. The molecule has 0 saturated carbocycles. The first kappa shape index (κ1) is 44.9. The predicted molar refractivity (Wildman–Crippen MR) is 316 cm³/mol. The molecule has 0 fully saturated rings. The summed E-state index contributed by atoms with van der Waals surface area (Å²) >= 11 is 0. The normalized spacial score (nSPS) is 14.4. The number of hydrogen-bond donors (Lipinski definition) is 0. The van der Waals surface area contributed by atoms with Crippen molar-refractivity contribution < 1.29 is 0 Å². The van der Waals surface area contributed by atoms with E-state index < -0.39 is 0 Å². The Morgan fingerprint density at radius 3 is 1.50 bits per heavy atom. The van der Waals surface area contributed by atoms with Crippen molar-refractivity contribution in [3.63, 3.8) is 0 Å². The van der Waals surface area contributed by atoms with Gasteiger partial charge in [0.05, 0.1) is 5.69 Å². The van der Waals surface area contributed by atoms with Crippen molar-refractivity contribution in [3.8, 4) is 44.5 Å². The van der Waals surface area contributed by atoms with Crippen molar-refractivity contribution in [2.75, 3.05) is 9.80 Å². The Kier molecular flexibility index (Phi) is 11.3. The third-order valence-electron chi connectivity index (χ3n) is 15.6. The van der Waals surface area contributed by atoms with E-state index in [2.05, 4.69) is 298 Å². The Labute approximate surface area is 435 Å². The average molecular weight is 949 g/mol. The molecule has 0 N–H and O–H groups in total. The second kappa shape index (κ2) is 18.6. The summed E-state index contributed by atoms with van der Waals surface area (Å²) < 4.78 is 0. The molecule has 2 aliphatic rings. The van der Waals surface area contributed by atoms with E-state index in [0.29, 0.717) is 5.92 Å². The van der Waals surface area contributed by atoms with Crippen LogP contribution in [0.4, 0.5) is 34.1 Å². The Morgan fingerprint density at radius 2 is 0.878 bits per heavy atom. The number of nitrogens with zero attached hydrogens (tertiary/aromatic N) is 2. The van der Waals surface area contributed by atoms with E-state index in [1.165, 1.54) is 82.8 Å². The maximum atomic E-state index is 2.50. The van der Waals surface area contributed by atoms with Crippen LogP contribution in [0.1, 0.15) is 43.9 Å². The lowest BCUT2D eigenvalue weighted by atomic mass is 9.82. The van der Waals surface area contributed by atoms with E-state index in [9.17, 15) is 0 Å². The van der Waals surface area contributed by atoms with Crippen LogP contribution < -0.4 is 9.80 Å². The lowest BCUT2D eigenvalue weighted by Crippen LogP contribution is -2.16. The molecule has 0 heterocycles. The molecule has 1 atom stereocenters. The quantitative estimate of drug-likeness (QED) is 0.126. The zero-order valence-electron chi connectivity index (χ0n) is 42.1. The van der Waals surface area contributed by atoms with E-state index >= 15 is 0 Å². The first-order chi connectivity index (χ1) is 36.4. The lowest BCUT2D eigenvalue weighted by Gasteiger charge is -2.30. The summed E-state index contributed by atoms with van der Waals surface area (Å²) in [7, 11) is 0. The Balaban J connectivity index is 0.940. The number of fused-ring (bicyclic) bond motifs is 6. The molecule has 2 nitrogen and oxygen atoms in total. The maximum absolute atomic E-state index is 2.50. The fourth-order valence-corrected chi connectivity index (χ4v) is 11.7. The van der Waals surface area contributed by atoms with Gasteiger partial charge in [0.15, 0.2) is 0 Å². The molecule has 1 unspecified atom stereocenters. The summed E-state index contributed by atoms with van der Waals surface area (Å²) in [6.07, 6.45) is 8.06. The Hall–Kier alpha value is -8.98. The van der Waals surface area contributed by atoms with E-state index in [1.54, 1.807) is 0 Å². The van der Waals surface area contributed by atoms with Crippen molar-refractivity contribution in [1.82, 2.24) is 0 Å². The highest BCUT2D eigenvalue weighted by Gasteiger charge is 2.36. The van der Waals surface area contributed by atoms with Crippen molar-refractivity contribution >= 4 is 61.2 Å². The van der Waals surface area contributed by atoms with Gasteiger partial charge in [-0.25, -0.2) is 0 Å². The molecule has 2 aliphatic carbocycles. The first-order valence-corrected chi connectivity index (χ1v) is 26.1. The summed E-state index contributed by atoms with van der Waals surface area (Å²) in [6.45, 7) is 7.03. The summed E-state index contributed by atoms with van der Waals surface area (Å²) in [5, 5.41) is 4.88. The highest BCUT2D eigenvalue weighted by atomic mass is 15.1. The van der Waals surface area contributed by atoms with Gasteiger partial charge in [0.25, 0.3) is 0 Å². The number of rotatable bonds is 10. The third kappa shape index (κ3) is 8.00. The standard InChI is InChI=1S/C72H56N2/c1-49-22-24-52(25-23-49)55-30-39-61(40-31-55)74(62-43-45-66-65-20-12-13-21-68(65)72(2,3)69(66)48-62)70-47-46-63(67-44-34-56-18-10-11-19-64(56)71(67)70)57-32-41-60(42-33-57)73(58-35-26-53(27-36-58)50-14-6-4-7-15-50)59-37-28-54(29-38-59)51-16-8-5-9-17-51/h4-22,24-49H,23H2,1-3H3. The van der Waals surface area contributed by atoms with Crippen LogP contribution in [-0.4, -0.2) is 0 Å². The molecule has 11 aromatic rings. The van der Waals surface area contributed by atoms with Gasteiger partial charge in [-0.2, -0.15) is 0 Å². The number of allylic oxidation sites excluding steroid dienone is 4. The third-order valence-corrected chi connectivity index (χ3v) is 15.6. The second-order valence-electron chi connectivity index (χ2n) is 20.6. The fourth-order valence-electron chi connectivity index (χ4n) is 11.7. The van der Waals surface area contributed by atoms with E-state index in [-0.39, 0.29) is 5.41 Å². The molecule has 74 heavy (non-hydrogen) atoms. The van der Waals surface area contributed by atoms with Crippen LogP contribution >= 0.6 is 0 Å². The molecule has 0 amide bonds.